The maximum absolute atomic E-state index is 5.27. The van der Waals surface area contributed by atoms with E-state index >= 15 is 0 Å². The summed E-state index contributed by atoms with van der Waals surface area (Å²) in [5.74, 6) is 2.25. The van der Waals surface area contributed by atoms with Crippen molar-refractivity contribution < 1.29 is 9.47 Å². The Morgan fingerprint density at radius 1 is 1.39 bits per heavy atom. The number of aromatic nitrogens is 6. The molecule has 0 aliphatic carbocycles. The number of anilines is 2. The second-order valence-electron chi connectivity index (χ2n) is 5.54. The van der Waals surface area contributed by atoms with Crippen molar-refractivity contribution in [2.24, 2.45) is 5.92 Å². The minimum atomic E-state index is 0.219. The monoisotopic (exact) mass is 315 g/mol. The van der Waals surface area contributed by atoms with Gasteiger partial charge in [0.25, 0.3) is 0 Å². The number of nitrogens with one attached hydrogen (secondary N) is 2. The van der Waals surface area contributed by atoms with Crippen molar-refractivity contribution in [3.63, 3.8) is 0 Å². The zero-order valence-electron chi connectivity index (χ0n) is 12.9. The van der Waals surface area contributed by atoms with Gasteiger partial charge in [0.05, 0.1) is 38.8 Å². The van der Waals surface area contributed by atoms with E-state index in [1.807, 2.05) is 4.68 Å². The molecular weight excluding hydrogens is 298 g/mol. The molecule has 4 heterocycles. The fraction of sp³-hybridized carbons (Fsp3) is 0.429. The van der Waals surface area contributed by atoms with Gasteiger partial charge in [-0.2, -0.15) is 10.2 Å². The molecule has 1 aliphatic heterocycles. The summed E-state index contributed by atoms with van der Waals surface area (Å²) in [7, 11) is 1.58. The van der Waals surface area contributed by atoms with E-state index in [2.05, 4.69) is 37.5 Å². The molecular formula is C14H17N7O2. The highest BCUT2D eigenvalue weighted by Gasteiger charge is 2.28. The molecule has 0 saturated carbocycles. The highest BCUT2D eigenvalue weighted by atomic mass is 16.5. The number of hydrogen-bond acceptors (Lipinski definition) is 7. The van der Waals surface area contributed by atoms with Crippen molar-refractivity contribution in [1.29, 1.82) is 0 Å². The molecule has 1 aliphatic rings. The summed E-state index contributed by atoms with van der Waals surface area (Å²) < 4.78 is 12.2. The molecule has 1 atom stereocenters. The molecule has 0 bridgehead atoms. The number of rotatable bonds is 5. The van der Waals surface area contributed by atoms with Gasteiger partial charge in [-0.25, -0.2) is 19.7 Å². The molecule has 9 nitrogen and oxygen atoms in total. The zero-order chi connectivity index (χ0) is 15.8. The number of hydrogen-bond donors (Lipinski definition) is 2. The first-order valence-corrected chi connectivity index (χ1v) is 7.39. The lowest BCUT2D eigenvalue weighted by Gasteiger charge is -2.31. The van der Waals surface area contributed by atoms with Crippen molar-refractivity contribution >= 4 is 22.8 Å². The van der Waals surface area contributed by atoms with Crippen LogP contribution in [-0.2, 0) is 4.74 Å². The van der Waals surface area contributed by atoms with Crippen LogP contribution in [0.5, 0.6) is 5.88 Å². The van der Waals surface area contributed by atoms with E-state index in [9.17, 15) is 0 Å². The van der Waals surface area contributed by atoms with E-state index < -0.39 is 0 Å². The molecule has 23 heavy (non-hydrogen) atoms. The molecule has 0 amide bonds. The third-order valence-corrected chi connectivity index (χ3v) is 4.07. The van der Waals surface area contributed by atoms with E-state index in [0.717, 1.165) is 24.4 Å². The quantitative estimate of drug-likeness (QED) is 0.735. The summed E-state index contributed by atoms with van der Waals surface area (Å²) in [5.41, 5.74) is 1.51. The van der Waals surface area contributed by atoms with Crippen LogP contribution in [0.3, 0.4) is 0 Å². The van der Waals surface area contributed by atoms with Crippen LogP contribution in [0.2, 0.25) is 0 Å². The van der Waals surface area contributed by atoms with Crippen LogP contribution in [0.15, 0.2) is 18.5 Å². The van der Waals surface area contributed by atoms with Crippen molar-refractivity contribution in [3.05, 3.63) is 18.5 Å². The highest BCUT2D eigenvalue weighted by Crippen LogP contribution is 2.27. The largest absolute Gasteiger partial charge is 0.481 e. The first-order chi connectivity index (χ1) is 11.2. The summed E-state index contributed by atoms with van der Waals surface area (Å²) in [4.78, 5) is 9.02. The first-order valence-electron chi connectivity index (χ1n) is 7.39. The second kappa shape index (κ2) is 5.51. The summed E-state index contributed by atoms with van der Waals surface area (Å²) in [5, 5.41) is 14.4. The molecule has 2 N–H and O–H groups in total. The fourth-order valence-corrected chi connectivity index (χ4v) is 2.51. The number of methoxy groups -OCH3 is 1. The topological polar surface area (TPSA) is 103 Å². The molecule has 0 unspecified atom stereocenters. The SMILES string of the molecule is COc1cc(Nc2cnc3cnn([C@@H](C)C4COC4)c3n2)n[nH]1. The van der Waals surface area contributed by atoms with Crippen LogP contribution >= 0.6 is 0 Å². The summed E-state index contributed by atoms with van der Waals surface area (Å²) in [6, 6.07) is 1.97. The lowest BCUT2D eigenvalue weighted by Crippen LogP contribution is -2.34. The number of nitrogens with zero attached hydrogens (tertiary/aromatic N) is 5. The van der Waals surface area contributed by atoms with Gasteiger partial charge in [-0.3, -0.25) is 0 Å². The minimum Gasteiger partial charge on any atom is -0.481 e. The van der Waals surface area contributed by atoms with E-state index in [-0.39, 0.29) is 6.04 Å². The average Bonchev–Trinajstić information content (AvgIpc) is 3.11. The van der Waals surface area contributed by atoms with Crippen molar-refractivity contribution in [1.82, 2.24) is 29.9 Å². The number of fused-ring (bicyclic) bond motifs is 1. The molecule has 1 fully saturated rings. The number of H-pyrrole nitrogens is 1. The smallest absolute Gasteiger partial charge is 0.210 e. The zero-order valence-corrected chi connectivity index (χ0v) is 12.9. The summed E-state index contributed by atoms with van der Waals surface area (Å²) in [6.07, 6.45) is 3.40. The molecule has 0 aromatic carbocycles. The molecule has 120 valence electrons. The van der Waals surface area contributed by atoms with Crippen molar-refractivity contribution in [3.8, 4) is 5.88 Å². The molecule has 3 aromatic rings. The van der Waals surface area contributed by atoms with Crippen LogP contribution < -0.4 is 10.1 Å². The molecule has 0 radical (unpaired) electrons. The Balaban J connectivity index is 1.63. The van der Waals surface area contributed by atoms with Gasteiger partial charge in [-0.15, -0.1) is 0 Å². The van der Waals surface area contributed by atoms with Gasteiger partial charge < -0.3 is 14.8 Å². The Bertz CT molecular complexity index is 824. The average molecular weight is 315 g/mol. The van der Waals surface area contributed by atoms with Crippen LogP contribution in [0.4, 0.5) is 11.6 Å². The lowest BCUT2D eigenvalue weighted by molar-refractivity contribution is -0.0548. The summed E-state index contributed by atoms with van der Waals surface area (Å²) >= 11 is 0. The molecule has 3 aromatic heterocycles. The Morgan fingerprint density at radius 3 is 2.96 bits per heavy atom. The fourth-order valence-electron chi connectivity index (χ4n) is 2.51. The van der Waals surface area contributed by atoms with Gasteiger partial charge >= 0.3 is 0 Å². The predicted octanol–water partition coefficient (Wildman–Crippen LogP) is 1.51. The van der Waals surface area contributed by atoms with E-state index in [0.29, 0.717) is 23.4 Å². The van der Waals surface area contributed by atoms with Crippen molar-refractivity contribution in [2.75, 3.05) is 25.6 Å². The van der Waals surface area contributed by atoms with Crippen LogP contribution in [0.1, 0.15) is 13.0 Å². The van der Waals surface area contributed by atoms with Crippen LogP contribution in [0, 0.1) is 5.92 Å². The summed E-state index contributed by atoms with van der Waals surface area (Å²) in [6.45, 7) is 3.65. The first kappa shape index (κ1) is 13.9. The third-order valence-electron chi connectivity index (χ3n) is 4.07. The predicted molar refractivity (Wildman–Crippen MR) is 82.8 cm³/mol. The third kappa shape index (κ3) is 2.48. The highest BCUT2D eigenvalue weighted by molar-refractivity contribution is 5.72. The lowest BCUT2D eigenvalue weighted by atomic mass is 10.0. The van der Waals surface area contributed by atoms with Gasteiger partial charge in [0.15, 0.2) is 17.3 Å². The van der Waals surface area contributed by atoms with Gasteiger partial charge in [-0.05, 0) is 6.92 Å². The van der Waals surface area contributed by atoms with Gasteiger partial charge in [0.1, 0.15) is 5.52 Å². The van der Waals surface area contributed by atoms with Crippen molar-refractivity contribution in [2.45, 2.75) is 13.0 Å². The van der Waals surface area contributed by atoms with E-state index in [1.54, 1.807) is 25.6 Å². The normalized spacial score (nSPS) is 16.3. The molecule has 4 rings (SSSR count). The van der Waals surface area contributed by atoms with E-state index in [4.69, 9.17) is 9.47 Å². The van der Waals surface area contributed by atoms with E-state index in [1.165, 1.54) is 0 Å². The number of ether oxygens (including phenoxy) is 2. The van der Waals surface area contributed by atoms with Gasteiger partial charge in [0.2, 0.25) is 5.88 Å². The molecule has 9 heteroatoms. The van der Waals surface area contributed by atoms with Crippen LogP contribution in [0.25, 0.3) is 11.2 Å². The minimum absolute atomic E-state index is 0.219. The Hall–Kier alpha value is -2.68. The molecule has 0 spiro atoms. The maximum Gasteiger partial charge on any atom is 0.210 e. The van der Waals surface area contributed by atoms with Gasteiger partial charge in [0, 0.05) is 12.0 Å². The maximum atomic E-state index is 5.27. The molecule has 1 saturated heterocycles. The standard InChI is InChI=1S/C14H17N7O2/c1-8(9-6-23-7-9)21-14-10(4-16-21)15-5-12(18-14)17-11-3-13(22-2)20-19-11/h3-5,8-9H,6-7H2,1-2H3,(H2,17,18,19,20)/t8-/m0/s1. The number of aromatic amines is 1. The Kier molecular flexibility index (Phi) is 3.34. The Labute approximate surface area is 132 Å². The van der Waals surface area contributed by atoms with Crippen LogP contribution in [-0.4, -0.2) is 50.3 Å². The Morgan fingerprint density at radius 2 is 2.26 bits per heavy atom. The second-order valence-corrected chi connectivity index (χ2v) is 5.54. The van der Waals surface area contributed by atoms with Gasteiger partial charge in [-0.1, -0.05) is 0 Å².